The van der Waals surface area contributed by atoms with Gasteiger partial charge in [0.15, 0.2) is 0 Å². The molecule has 1 atom stereocenters. The summed E-state index contributed by atoms with van der Waals surface area (Å²) in [6.07, 6.45) is 3.71. The van der Waals surface area contributed by atoms with Crippen LogP contribution in [0.25, 0.3) is 10.9 Å². The number of nitrogens with one attached hydrogen (secondary N) is 1. The first kappa shape index (κ1) is 12.4. The molecule has 1 aromatic heterocycles. The maximum atomic E-state index is 9.85. The summed E-state index contributed by atoms with van der Waals surface area (Å²) < 4.78 is 5.68. The SMILES string of the molecule is OC(CNC1CC1)COc1cccc2cccnc12. The molecule has 1 aromatic carbocycles. The number of nitrogens with zero attached hydrogens (tertiary/aromatic N) is 1. The Hall–Kier alpha value is -1.65. The second-order valence-corrected chi connectivity index (χ2v) is 4.98. The third-order valence-corrected chi connectivity index (χ3v) is 3.25. The average molecular weight is 258 g/mol. The highest BCUT2D eigenvalue weighted by molar-refractivity contribution is 5.84. The Morgan fingerprint density at radius 2 is 2.16 bits per heavy atom. The first-order valence-corrected chi connectivity index (χ1v) is 6.71. The highest BCUT2D eigenvalue weighted by Crippen LogP contribution is 2.23. The Kier molecular flexibility index (Phi) is 3.62. The van der Waals surface area contributed by atoms with Crippen LogP contribution in [0.1, 0.15) is 12.8 Å². The van der Waals surface area contributed by atoms with Crippen LogP contribution in [-0.4, -0.2) is 35.4 Å². The van der Waals surface area contributed by atoms with Crippen molar-refractivity contribution in [1.29, 1.82) is 0 Å². The van der Waals surface area contributed by atoms with Crippen LogP contribution in [0.5, 0.6) is 5.75 Å². The number of aliphatic hydroxyl groups is 1. The first-order chi connectivity index (χ1) is 9.33. The molecule has 2 aromatic rings. The lowest BCUT2D eigenvalue weighted by Crippen LogP contribution is -2.32. The summed E-state index contributed by atoms with van der Waals surface area (Å²) in [6, 6.07) is 10.3. The number of hydrogen-bond donors (Lipinski definition) is 2. The van der Waals surface area contributed by atoms with Gasteiger partial charge >= 0.3 is 0 Å². The molecule has 0 radical (unpaired) electrons. The van der Waals surface area contributed by atoms with Gasteiger partial charge in [-0.2, -0.15) is 0 Å². The van der Waals surface area contributed by atoms with E-state index in [0.717, 1.165) is 16.7 Å². The van der Waals surface area contributed by atoms with Crippen LogP contribution in [0.2, 0.25) is 0 Å². The number of benzene rings is 1. The third-order valence-electron chi connectivity index (χ3n) is 3.25. The van der Waals surface area contributed by atoms with Gasteiger partial charge in [0.25, 0.3) is 0 Å². The van der Waals surface area contributed by atoms with E-state index in [4.69, 9.17) is 4.74 Å². The summed E-state index contributed by atoms with van der Waals surface area (Å²) >= 11 is 0. The van der Waals surface area contributed by atoms with Crippen molar-refractivity contribution in [2.24, 2.45) is 0 Å². The summed E-state index contributed by atoms with van der Waals surface area (Å²) in [7, 11) is 0. The predicted molar refractivity (Wildman–Crippen MR) is 74.3 cm³/mol. The van der Waals surface area contributed by atoms with Gasteiger partial charge in [0.05, 0.1) is 0 Å². The largest absolute Gasteiger partial charge is 0.489 e. The number of aromatic nitrogens is 1. The molecule has 1 saturated carbocycles. The molecule has 1 fully saturated rings. The second-order valence-electron chi connectivity index (χ2n) is 4.98. The summed E-state index contributed by atoms with van der Waals surface area (Å²) in [5, 5.41) is 14.2. The van der Waals surface area contributed by atoms with E-state index in [1.165, 1.54) is 12.8 Å². The molecule has 4 heteroatoms. The molecule has 3 rings (SSSR count). The van der Waals surface area contributed by atoms with Crippen LogP contribution in [-0.2, 0) is 0 Å². The van der Waals surface area contributed by atoms with Crippen LogP contribution >= 0.6 is 0 Å². The van der Waals surface area contributed by atoms with E-state index in [1.54, 1.807) is 6.20 Å². The predicted octanol–water partition coefficient (Wildman–Crippen LogP) is 1.73. The minimum absolute atomic E-state index is 0.287. The molecular weight excluding hydrogens is 240 g/mol. The van der Waals surface area contributed by atoms with Gasteiger partial charge in [0.1, 0.15) is 24.0 Å². The van der Waals surface area contributed by atoms with E-state index in [9.17, 15) is 5.11 Å². The topological polar surface area (TPSA) is 54.4 Å². The third kappa shape index (κ3) is 3.22. The number of aliphatic hydroxyl groups excluding tert-OH is 1. The quantitative estimate of drug-likeness (QED) is 0.828. The number of para-hydroxylation sites is 1. The maximum Gasteiger partial charge on any atom is 0.145 e. The molecule has 100 valence electrons. The molecule has 0 aliphatic heterocycles. The zero-order valence-electron chi connectivity index (χ0n) is 10.7. The van der Waals surface area contributed by atoms with Gasteiger partial charge in [-0.25, -0.2) is 0 Å². The molecule has 2 N–H and O–H groups in total. The molecule has 0 amide bonds. The number of hydrogen-bond acceptors (Lipinski definition) is 4. The van der Waals surface area contributed by atoms with E-state index in [0.29, 0.717) is 12.6 Å². The van der Waals surface area contributed by atoms with E-state index < -0.39 is 6.10 Å². The standard InChI is InChI=1S/C15H18N2O2/c18-13(9-17-12-6-7-12)10-19-14-5-1-3-11-4-2-8-16-15(11)14/h1-5,8,12-13,17-18H,6-7,9-10H2. The molecule has 1 heterocycles. The van der Waals surface area contributed by atoms with Crippen molar-refractivity contribution in [2.45, 2.75) is 25.0 Å². The number of rotatable bonds is 6. The molecule has 19 heavy (non-hydrogen) atoms. The molecule has 0 spiro atoms. The van der Waals surface area contributed by atoms with Gasteiger partial charge in [-0.1, -0.05) is 18.2 Å². The van der Waals surface area contributed by atoms with E-state index in [-0.39, 0.29) is 6.61 Å². The minimum Gasteiger partial charge on any atom is -0.489 e. The van der Waals surface area contributed by atoms with Gasteiger partial charge < -0.3 is 15.2 Å². The molecule has 0 bridgehead atoms. The lowest BCUT2D eigenvalue weighted by Gasteiger charge is -2.13. The van der Waals surface area contributed by atoms with Crippen LogP contribution in [0, 0.1) is 0 Å². The van der Waals surface area contributed by atoms with E-state index in [1.807, 2.05) is 30.3 Å². The van der Waals surface area contributed by atoms with E-state index in [2.05, 4.69) is 10.3 Å². The van der Waals surface area contributed by atoms with Gasteiger partial charge in [-0.3, -0.25) is 4.98 Å². The molecular formula is C15H18N2O2. The van der Waals surface area contributed by atoms with Crippen molar-refractivity contribution in [1.82, 2.24) is 10.3 Å². The van der Waals surface area contributed by atoms with Crippen LogP contribution in [0.15, 0.2) is 36.5 Å². The molecule has 4 nitrogen and oxygen atoms in total. The second kappa shape index (κ2) is 5.55. The number of ether oxygens (including phenoxy) is 1. The fourth-order valence-electron chi connectivity index (χ4n) is 2.03. The zero-order chi connectivity index (χ0) is 13.1. The average Bonchev–Trinajstić information content (AvgIpc) is 3.27. The lowest BCUT2D eigenvalue weighted by atomic mass is 10.2. The molecule has 1 aliphatic carbocycles. The van der Waals surface area contributed by atoms with E-state index >= 15 is 0 Å². The van der Waals surface area contributed by atoms with Crippen molar-refractivity contribution in [3.8, 4) is 5.75 Å². The minimum atomic E-state index is -0.487. The Morgan fingerprint density at radius 3 is 3.00 bits per heavy atom. The fraction of sp³-hybridized carbons (Fsp3) is 0.400. The first-order valence-electron chi connectivity index (χ1n) is 6.71. The highest BCUT2D eigenvalue weighted by Gasteiger charge is 2.21. The number of pyridine rings is 1. The monoisotopic (exact) mass is 258 g/mol. The van der Waals surface area contributed by atoms with Gasteiger partial charge in [0.2, 0.25) is 0 Å². The van der Waals surface area contributed by atoms with Crippen LogP contribution < -0.4 is 10.1 Å². The van der Waals surface area contributed by atoms with Crippen molar-refractivity contribution >= 4 is 10.9 Å². The summed E-state index contributed by atoms with van der Waals surface area (Å²) in [5.74, 6) is 0.726. The maximum absolute atomic E-state index is 9.85. The molecule has 1 aliphatic rings. The smallest absolute Gasteiger partial charge is 0.145 e. The Bertz CT molecular complexity index is 549. The summed E-state index contributed by atoms with van der Waals surface area (Å²) in [6.45, 7) is 0.873. The van der Waals surface area contributed by atoms with Crippen molar-refractivity contribution < 1.29 is 9.84 Å². The fourth-order valence-corrected chi connectivity index (χ4v) is 2.03. The summed E-state index contributed by atoms with van der Waals surface area (Å²) in [5.41, 5.74) is 0.840. The Morgan fingerprint density at radius 1 is 1.32 bits per heavy atom. The summed E-state index contributed by atoms with van der Waals surface area (Å²) in [4.78, 5) is 4.32. The van der Waals surface area contributed by atoms with Crippen LogP contribution in [0.4, 0.5) is 0 Å². The van der Waals surface area contributed by atoms with Crippen molar-refractivity contribution in [2.75, 3.05) is 13.2 Å². The van der Waals surface area contributed by atoms with Gasteiger partial charge in [0, 0.05) is 24.2 Å². The highest BCUT2D eigenvalue weighted by atomic mass is 16.5. The zero-order valence-corrected chi connectivity index (χ0v) is 10.7. The Labute approximate surface area is 112 Å². The van der Waals surface area contributed by atoms with Crippen LogP contribution in [0.3, 0.4) is 0 Å². The number of fused-ring (bicyclic) bond motifs is 1. The normalized spacial score (nSPS) is 16.5. The lowest BCUT2D eigenvalue weighted by molar-refractivity contribution is 0.107. The van der Waals surface area contributed by atoms with Gasteiger partial charge in [-0.15, -0.1) is 0 Å². The molecule has 0 saturated heterocycles. The van der Waals surface area contributed by atoms with Gasteiger partial charge in [-0.05, 0) is 25.0 Å². The van der Waals surface area contributed by atoms with Crippen molar-refractivity contribution in [3.05, 3.63) is 36.5 Å². The Balaban J connectivity index is 1.61. The van der Waals surface area contributed by atoms with Crippen molar-refractivity contribution in [3.63, 3.8) is 0 Å². The molecule has 1 unspecified atom stereocenters.